The lowest BCUT2D eigenvalue weighted by Crippen LogP contribution is -2.55. The van der Waals surface area contributed by atoms with Gasteiger partial charge in [0.15, 0.2) is 23.0 Å². The molecule has 0 atom stereocenters. The third-order valence-corrected chi connectivity index (χ3v) is 3.82. The zero-order valence-electron chi connectivity index (χ0n) is 15.3. The van der Waals surface area contributed by atoms with Crippen molar-refractivity contribution in [1.82, 2.24) is 10.4 Å². The van der Waals surface area contributed by atoms with E-state index in [4.69, 9.17) is 0 Å². The summed E-state index contributed by atoms with van der Waals surface area (Å²) < 4.78 is 0. The Labute approximate surface area is 159 Å². The highest BCUT2D eigenvalue weighted by Crippen LogP contribution is 2.39. The monoisotopic (exact) mass is 392 g/mol. The maximum atomic E-state index is 12.9. The second-order valence-corrected chi connectivity index (χ2v) is 6.91. The molecule has 0 unspecified atom stereocenters. The molecule has 28 heavy (non-hydrogen) atoms. The Balaban J connectivity index is 2.43. The molecule has 0 heterocycles. The van der Waals surface area contributed by atoms with Gasteiger partial charge in [-0.25, -0.2) is 5.01 Å². The minimum atomic E-state index is -1.03. The van der Waals surface area contributed by atoms with Gasteiger partial charge in [-0.05, 0) is 45.0 Å². The van der Waals surface area contributed by atoms with Crippen molar-refractivity contribution in [3.8, 4) is 34.5 Å². The van der Waals surface area contributed by atoms with Crippen LogP contribution in [0.2, 0.25) is 0 Å². The van der Waals surface area contributed by atoms with Crippen LogP contribution in [0.3, 0.4) is 0 Å². The van der Waals surface area contributed by atoms with E-state index in [1.165, 1.54) is 0 Å². The van der Waals surface area contributed by atoms with Gasteiger partial charge in [-0.15, -0.1) is 0 Å². The number of carbonyl (C=O) groups is 2. The standard InChI is InChI=1S/C18H20N2O8/c1-18(2,3)20(17(28)9-5-7-11(22)15(26)13(9)24)19-16(27)8-4-6-10(21)14(25)12(8)23/h4-7,21-26H,1-3H3,(H,19,27). The lowest BCUT2D eigenvalue weighted by atomic mass is 10.1. The van der Waals surface area contributed by atoms with Crippen LogP contribution in [0.15, 0.2) is 24.3 Å². The van der Waals surface area contributed by atoms with Crippen LogP contribution >= 0.6 is 0 Å². The Morgan fingerprint density at radius 1 is 0.750 bits per heavy atom. The summed E-state index contributed by atoms with van der Waals surface area (Å²) in [7, 11) is 0. The van der Waals surface area contributed by atoms with E-state index in [1.54, 1.807) is 20.8 Å². The molecule has 2 aromatic rings. The van der Waals surface area contributed by atoms with Gasteiger partial charge in [0.1, 0.15) is 0 Å². The van der Waals surface area contributed by atoms with E-state index < -0.39 is 63.0 Å². The largest absolute Gasteiger partial charge is 0.504 e. The average Bonchev–Trinajstić information content (AvgIpc) is 2.61. The van der Waals surface area contributed by atoms with Crippen LogP contribution in [-0.2, 0) is 0 Å². The second-order valence-electron chi connectivity index (χ2n) is 6.91. The first-order valence-electron chi connectivity index (χ1n) is 7.99. The highest BCUT2D eigenvalue weighted by Gasteiger charge is 2.33. The zero-order valence-corrected chi connectivity index (χ0v) is 15.3. The molecule has 0 bridgehead atoms. The summed E-state index contributed by atoms with van der Waals surface area (Å²) in [5, 5.41) is 58.6. The Morgan fingerprint density at radius 2 is 1.18 bits per heavy atom. The smallest absolute Gasteiger partial charge is 0.276 e. The van der Waals surface area contributed by atoms with Gasteiger partial charge in [-0.2, -0.15) is 0 Å². The van der Waals surface area contributed by atoms with Crippen molar-refractivity contribution in [1.29, 1.82) is 0 Å². The van der Waals surface area contributed by atoms with Crippen molar-refractivity contribution in [2.24, 2.45) is 0 Å². The van der Waals surface area contributed by atoms with Gasteiger partial charge in [0.2, 0.25) is 11.5 Å². The molecular weight excluding hydrogens is 372 g/mol. The van der Waals surface area contributed by atoms with E-state index in [1.807, 2.05) is 0 Å². The Hall–Kier alpha value is -3.82. The van der Waals surface area contributed by atoms with Crippen LogP contribution in [0.1, 0.15) is 41.5 Å². The predicted octanol–water partition coefficient (Wildman–Crippen LogP) is 1.51. The van der Waals surface area contributed by atoms with Gasteiger partial charge in [0.05, 0.1) is 16.7 Å². The van der Waals surface area contributed by atoms with Crippen molar-refractivity contribution in [2.45, 2.75) is 26.3 Å². The Kier molecular flexibility index (Phi) is 5.17. The molecule has 10 heteroatoms. The second kappa shape index (κ2) is 7.06. The highest BCUT2D eigenvalue weighted by molar-refractivity contribution is 6.02. The fourth-order valence-electron chi connectivity index (χ4n) is 2.30. The predicted molar refractivity (Wildman–Crippen MR) is 96.3 cm³/mol. The number of carbonyl (C=O) groups excluding carboxylic acids is 2. The highest BCUT2D eigenvalue weighted by atomic mass is 16.3. The first kappa shape index (κ1) is 20.5. The third-order valence-electron chi connectivity index (χ3n) is 3.82. The quantitative estimate of drug-likeness (QED) is 0.298. The number of hydrogen-bond donors (Lipinski definition) is 7. The van der Waals surface area contributed by atoms with Crippen LogP contribution < -0.4 is 5.43 Å². The number of phenols is 6. The molecular formula is C18H20N2O8. The number of rotatable bonds is 2. The fourth-order valence-corrected chi connectivity index (χ4v) is 2.30. The van der Waals surface area contributed by atoms with Crippen LogP contribution in [0, 0.1) is 0 Å². The Morgan fingerprint density at radius 3 is 1.64 bits per heavy atom. The Bertz CT molecular complexity index is 950. The van der Waals surface area contributed by atoms with E-state index in [0.717, 1.165) is 29.3 Å². The van der Waals surface area contributed by atoms with E-state index >= 15 is 0 Å². The van der Waals surface area contributed by atoms with Crippen molar-refractivity contribution < 1.29 is 40.2 Å². The maximum Gasteiger partial charge on any atom is 0.276 e. The number of amides is 2. The summed E-state index contributed by atoms with van der Waals surface area (Å²) in [5.41, 5.74) is 0.410. The first-order chi connectivity index (χ1) is 12.9. The topological polar surface area (TPSA) is 171 Å². The minimum absolute atomic E-state index is 0.400. The molecule has 150 valence electrons. The number of benzene rings is 2. The minimum Gasteiger partial charge on any atom is -0.504 e. The number of phenolic OH excluding ortho intramolecular Hbond substituents is 6. The van der Waals surface area contributed by atoms with Gasteiger partial charge in [-0.3, -0.25) is 15.0 Å². The van der Waals surface area contributed by atoms with Gasteiger partial charge >= 0.3 is 0 Å². The summed E-state index contributed by atoms with van der Waals surface area (Å²) in [6.07, 6.45) is 0. The van der Waals surface area contributed by atoms with Gasteiger partial charge in [0, 0.05) is 0 Å². The van der Waals surface area contributed by atoms with E-state index in [0.29, 0.717) is 0 Å². The molecule has 2 aromatic carbocycles. The number of nitrogens with one attached hydrogen (secondary N) is 1. The first-order valence-corrected chi connectivity index (χ1v) is 7.99. The molecule has 2 amide bonds. The summed E-state index contributed by atoms with van der Waals surface area (Å²) in [5.74, 6) is -6.74. The molecule has 0 saturated carbocycles. The number of aromatic hydroxyl groups is 6. The van der Waals surface area contributed by atoms with Gasteiger partial charge < -0.3 is 30.6 Å². The van der Waals surface area contributed by atoms with E-state index in [2.05, 4.69) is 5.43 Å². The lowest BCUT2D eigenvalue weighted by Gasteiger charge is -2.35. The molecule has 0 aliphatic rings. The summed E-state index contributed by atoms with van der Waals surface area (Å²) >= 11 is 0. The van der Waals surface area contributed by atoms with Gasteiger partial charge in [0.25, 0.3) is 11.8 Å². The SMILES string of the molecule is CC(C)(C)N(NC(=O)c1ccc(O)c(O)c1O)C(=O)c1ccc(O)c(O)c1O. The molecule has 0 saturated heterocycles. The lowest BCUT2D eigenvalue weighted by molar-refractivity contribution is 0.0354. The van der Waals surface area contributed by atoms with Gasteiger partial charge in [-0.1, -0.05) is 0 Å². The number of hydrogen-bond acceptors (Lipinski definition) is 8. The zero-order chi connectivity index (χ0) is 21.4. The normalized spacial score (nSPS) is 11.1. The van der Waals surface area contributed by atoms with E-state index in [-0.39, 0.29) is 0 Å². The molecule has 0 spiro atoms. The molecule has 2 rings (SSSR count). The molecule has 10 nitrogen and oxygen atoms in total. The van der Waals surface area contributed by atoms with Crippen molar-refractivity contribution in [2.75, 3.05) is 0 Å². The van der Waals surface area contributed by atoms with Crippen molar-refractivity contribution in [3.05, 3.63) is 35.4 Å². The maximum absolute atomic E-state index is 12.9. The molecule has 0 aliphatic carbocycles. The molecule has 0 fully saturated rings. The number of hydrazine groups is 1. The molecule has 7 N–H and O–H groups in total. The average molecular weight is 392 g/mol. The van der Waals surface area contributed by atoms with E-state index in [9.17, 15) is 40.2 Å². The van der Waals surface area contributed by atoms with Crippen LogP contribution in [0.25, 0.3) is 0 Å². The van der Waals surface area contributed by atoms with Crippen molar-refractivity contribution >= 4 is 11.8 Å². The fraction of sp³-hybridized carbons (Fsp3) is 0.222. The van der Waals surface area contributed by atoms with Crippen LogP contribution in [0.5, 0.6) is 34.5 Å². The summed E-state index contributed by atoms with van der Waals surface area (Å²) in [4.78, 5) is 25.4. The number of nitrogens with zero attached hydrogens (tertiary/aromatic N) is 1. The van der Waals surface area contributed by atoms with Crippen LogP contribution in [0.4, 0.5) is 0 Å². The molecule has 0 aliphatic heterocycles. The summed E-state index contributed by atoms with van der Waals surface area (Å²) in [6, 6.07) is 4.07. The van der Waals surface area contributed by atoms with Crippen molar-refractivity contribution in [3.63, 3.8) is 0 Å². The summed E-state index contributed by atoms with van der Waals surface area (Å²) in [6.45, 7) is 4.70. The molecule has 0 aromatic heterocycles. The molecule has 0 radical (unpaired) electrons. The van der Waals surface area contributed by atoms with Crippen LogP contribution in [-0.4, -0.2) is 53.0 Å². The third kappa shape index (κ3) is 3.65.